The SMILES string of the molecule is CCCCC/C=C/C/C=C/C/C=C/CCCCC(=O)OC[C@H](COP(=O)(O)OC[C@@H](O)CO)OC(=O)/C=C/C=C/CCCCCCCCCCCCC. The molecule has 0 bridgehead atoms. The summed E-state index contributed by atoms with van der Waals surface area (Å²) in [7, 11) is -4.65. The molecule has 0 spiro atoms. The second-order valence-corrected chi connectivity index (χ2v) is 14.8. The molecule has 0 aromatic rings. The fourth-order valence-electron chi connectivity index (χ4n) is 5.08. The number of phosphoric ester groups is 1. The molecule has 10 nitrogen and oxygen atoms in total. The van der Waals surface area contributed by atoms with Crippen LogP contribution in [0.5, 0.6) is 0 Å². The van der Waals surface area contributed by atoms with E-state index in [-0.39, 0.29) is 13.0 Å². The molecule has 306 valence electrons. The highest BCUT2D eigenvalue weighted by atomic mass is 31.2. The maximum Gasteiger partial charge on any atom is 0.472 e. The summed E-state index contributed by atoms with van der Waals surface area (Å²) in [6, 6.07) is 0. The molecule has 0 aromatic carbocycles. The molecule has 3 atom stereocenters. The number of phosphoric acid groups is 1. The van der Waals surface area contributed by atoms with Crippen LogP contribution in [0.1, 0.15) is 155 Å². The third-order valence-corrected chi connectivity index (χ3v) is 9.20. The van der Waals surface area contributed by atoms with Crippen LogP contribution >= 0.6 is 7.82 Å². The van der Waals surface area contributed by atoms with Crippen LogP contribution in [0.3, 0.4) is 0 Å². The molecule has 0 saturated carbocycles. The Hall–Kier alpha value is -2.33. The molecule has 53 heavy (non-hydrogen) atoms. The summed E-state index contributed by atoms with van der Waals surface area (Å²) in [5, 5.41) is 18.3. The molecule has 0 aliphatic heterocycles. The van der Waals surface area contributed by atoms with Gasteiger partial charge in [0.25, 0.3) is 0 Å². The van der Waals surface area contributed by atoms with E-state index in [9.17, 15) is 24.2 Å². The Labute approximate surface area is 321 Å². The van der Waals surface area contributed by atoms with Gasteiger partial charge in [-0.15, -0.1) is 0 Å². The number of unbranched alkanes of at least 4 members (excludes halogenated alkanes) is 16. The minimum Gasteiger partial charge on any atom is -0.462 e. The fourth-order valence-corrected chi connectivity index (χ4v) is 5.87. The van der Waals surface area contributed by atoms with Crippen LogP contribution in [0.2, 0.25) is 0 Å². The average Bonchev–Trinajstić information content (AvgIpc) is 3.14. The van der Waals surface area contributed by atoms with Crippen molar-refractivity contribution in [3.63, 3.8) is 0 Å². The lowest BCUT2D eigenvalue weighted by atomic mass is 10.1. The molecule has 0 rings (SSSR count). The smallest absolute Gasteiger partial charge is 0.462 e. The van der Waals surface area contributed by atoms with Crippen molar-refractivity contribution in [3.05, 3.63) is 60.8 Å². The van der Waals surface area contributed by atoms with E-state index in [1.54, 1.807) is 12.2 Å². The summed E-state index contributed by atoms with van der Waals surface area (Å²) in [4.78, 5) is 34.7. The summed E-state index contributed by atoms with van der Waals surface area (Å²) < 4.78 is 32.4. The van der Waals surface area contributed by atoms with Gasteiger partial charge in [-0.3, -0.25) is 13.8 Å². The number of esters is 2. The molecule has 0 heterocycles. The Balaban J connectivity index is 4.52. The van der Waals surface area contributed by atoms with Gasteiger partial charge >= 0.3 is 19.8 Å². The van der Waals surface area contributed by atoms with Crippen LogP contribution in [0.4, 0.5) is 0 Å². The first-order valence-corrected chi connectivity index (χ1v) is 21.8. The maximum atomic E-state index is 12.5. The molecular weight excluding hydrogens is 695 g/mol. The summed E-state index contributed by atoms with van der Waals surface area (Å²) >= 11 is 0. The summed E-state index contributed by atoms with van der Waals surface area (Å²) in [6.07, 6.45) is 41.1. The predicted octanol–water partition coefficient (Wildman–Crippen LogP) is 10.3. The second kappa shape index (κ2) is 38.0. The van der Waals surface area contributed by atoms with Crippen molar-refractivity contribution in [1.82, 2.24) is 0 Å². The Morgan fingerprint density at radius 1 is 0.623 bits per heavy atom. The normalized spacial score (nSPS) is 14.6. The number of carbonyl (C=O) groups excluding carboxylic acids is 2. The van der Waals surface area contributed by atoms with Crippen molar-refractivity contribution >= 4 is 19.8 Å². The van der Waals surface area contributed by atoms with Gasteiger partial charge in [-0.25, -0.2) is 9.36 Å². The van der Waals surface area contributed by atoms with Crippen LogP contribution < -0.4 is 0 Å². The number of carbonyl (C=O) groups is 2. The number of allylic oxidation sites excluding steroid dienone is 9. The molecule has 0 radical (unpaired) electrons. The van der Waals surface area contributed by atoms with Crippen LogP contribution in [0.25, 0.3) is 0 Å². The highest BCUT2D eigenvalue weighted by Gasteiger charge is 2.26. The van der Waals surface area contributed by atoms with Crippen LogP contribution in [0.15, 0.2) is 60.8 Å². The second-order valence-electron chi connectivity index (χ2n) is 13.4. The lowest BCUT2D eigenvalue weighted by Gasteiger charge is -2.19. The number of rotatable bonds is 37. The number of ether oxygens (including phenoxy) is 2. The van der Waals surface area contributed by atoms with E-state index in [1.807, 2.05) is 6.08 Å². The number of aliphatic hydroxyl groups excluding tert-OH is 2. The highest BCUT2D eigenvalue weighted by molar-refractivity contribution is 7.47. The lowest BCUT2D eigenvalue weighted by Crippen LogP contribution is -2.29. The molecule has 3 N–H and O–H groups in total. The van der Waals surface area contributed by atoms with Crippen molar-refractivity contribution in [2.45, 2.75) is 167 Å². The highest BCUT2D eigenvalue weighted by Crippen LogP contribution is 2.43. The van der Waals surface area contributed by atoms with Gasteiger partial charge in [0.2, 0.25) is 0 Å². The van der Waals surface area contributed by atoms with Crippen molar-refractivity contribution in [3.8, 4) is 0 Å². The van der Waals surface area contributed by atoms with Crippen molar-refractivity contribution in [2.75, 3.05) is 26.4 Å². The zero-order valence-electron chi connectivity index (χ0n) is 33.0. The van der Waals surface area contributed by atoms with E-state index >= 15 is 0 Å². The van der Waals surface area contributed by atoms with Gasteiger partial charge in [-0.1, -0.05) is 146 Å². The fraction of sp³-hybridized carbons (Fsp3) is 0.714. The minimum atomic E-state index is -4.65. The Bertz CT molecular complexity index is 1070. The monoisotopic (exact) mass is 768 g/mol. The number of hydrogen-bond acceptors (Lipinski definition) is 9. The van der Waals surface area contributed by atoms with Crippen LogP contribution in [0, 0.1) is 0 Å². The van der Waals surface area contributed by atoms with Crippen molar-refractivity contribution < 1.29 is 47.8 Å². The Morgan fingerprint density at radius 3 is 1.72 bits per heavy atom. The van der Waals surface area contributed by atoms with Gasteiger partial charge in [0.05, 0.1) is 19.8 Å². The largest absolute Gasteiger partial charge is 0.472 e. The lowest BCUT2D eigenvalue weighted by molar-refractivity contribution is -0.157. The van der Waals surface area contributed by atoms with Gasteiger partial charge in [0.15, 0.2) is 6.10 Å². The predicted molar refractivity (Wildman–Crippen MR) is 214 cm³/mol. The van der Waals surface area contributed by atoms with Crippen LogP contribution in [-0.2, 0) is 32.7 Å². The van der Waals surface area contributed by atoms with Gasteiger partial charge < -0.3 is 24.6 Å². The Kier molecular flexibility index (Phi) is 36.3. The van der Waals surface area contributed by atoms with E-state index in [0.29, 0.717) is 6.42 Å². The van der Waals surface area contributed by atoms with Crippen LogP contribution in [-0.4, -0.2) is 65.7 Å². The summed E-state index contributed by atoms with van der Waals surface area (Å²) in [5.41, 5.74) is 0. The van der Waals surface area contributed by atoms with E-state index in [4.69, 9.17) is 19.1 Å². The van der Waals surface area contributed by atoms with E-state index < -0.39 is 51.8 Å². The molecule has 0 aromatic heterocycles. The first-order valence-electron chi connectivity index (χ1n) is 20.3. The molecule has 0 amide bonds. The van der Waals surface area contributed by atoms with Gasteiger partial charge in [0.1, 0.15) is 12.7 Å². The zero-order chi connectivity index (χ0) is 39.1. The standard InChI is InChI=1S/C42H73O10P/c1-3-5-7-9-11-13-15-17-19-21-23-25-27-29-31-33-41(45)49-37-40(38-51-53(47,48)50-36-39(44)35-43)52-42(46)34-32-30-28-26-24-22-20-18-16-14-12-10-8-6-4-2/h11,13,17,19,23,25,28,30,32,34,39-40,43-44H,3-10,12,14-16,18,20-22,24,26-27,29,31,33,35-38H2,1-2H3,(H,47,48)/b13-11+,19-17+,25-23+,30-28+,34-32+/t39-,40+/m0/s1. The molecule has 0 aliphatic rings. The Morgan fingerprint density at radius 2 is 1.11 bits per heavy atom. The van der Waals surface area contributed by atoms with Gasteiger partial charge in [-0.05, 0) is 57.8 Å². The topological polar surface area (TPSA) is 149 Å². The molecular formula is C42H73O10P. The van der Waals surface area contributed by atoms with E-state index in [0.717, 1.165) is 44.9 Å². The van der Waals surface area contributed by atoms with Gasteiger partial charge in [-0.2, -0.15) is 0 Å². The van der Waals surface area contributed by atoms with E-state index in [2.05, 4.69) is 54.8 Å². The minimum absolute atomic E-state index is 0.171. The summed E-state index contributed by atoms with van der Waals surface area (Å²) in [5.74, 6) is -1.23. The van der Waals surface area contributed by atoms with E-state index in [1.165, 1.54) is 89.5 Å². The zero-order valence-corrected chi connectivity index (χ0v) is 33.9. The first-order chi connectivity index (χ1) is 25.7. The third-order valence-electron chi connectivity index (χ3n) is 8.25. The van der Waals surface area contributed by atoms with Crippen molar-refractivity contribution in [2.24, 2.45) is 0 Å². The quantitative estimate of drug-likeness (QED) is 0.0139. The average molecular weight is 769 g/mol. The molecule has 11 heteroatoms. The summed E-state index contributed by atoms with van der Waals surface area (Å²) in [6.45, 7) is 2.16. The first kappa shape index (κ1) is 50.7. The molecule has 0 saturated heterocycles. The molecule has 1 unspecified atom stereocenters. The maximum absolute atomic E-state index is 12.5. The third kappa shape index (κ3) is 37.8. The van der Waals surface area contributed by atoms with Gasteiger partial charge in [0, 0.05) is 12.5 Å². The van der Waals surface area contributed by atoms with Crippen molar-refractivity contribution in [1.29, 1.82) is 0 Å². The molecule has 0 fully saturated rings. The number of hydrogen-bond donors (Lipinski definition) is 3. The number of aliphatic hydroxyl groups is 2. The molecule has 0 aliphatic carbocycles.